The quantitative estimate of drug-likeness (QED) is 0.496. The van der Waals surface area contributed by atoms with Crippen molar-refractivity contribution in [3.05, 3.63) is 22.7 Å². The number of rotatable bonds is 7. The second-order valence-corrected chi connectivity index (χ2v) is 7.03. The van der Waals surface area contributed by atoms with Gasteiger partial charge in [0.15, 0.2) is 17.5 Å². The zero-order valence-corrected chi connectivity index (χ0v) is 17.1. The van der Waals surface area contributed by atoms with E-state index in [9.17, 15) is 4.79 Å². The van der Waals surface area contributed by atoms with Gasteiger partial charge in [0.2, 0.25) is 5.91 Å². The van der Waals surface area contributed by atoms with Crippen molar-refractivity contribution >= 4 is 23.5 Å². The number of nitrogens with one attached hydrogen (secondary N) is 3. The number of nitrogens with zero attached hydrogens (tertiary/aromatic N) is 1. The van der Waals surface area contributed by atoms with Gasteiger partial charge < -0.3 is 25.4 Å². The molecular formula is C18H29ClN4O3. The third-order valence-corrected chi connectivity index (χ3v) is 3.47. The van der Waals surface area contributed by atoms with Crippen molar-refractivity contribution in [2.75, 3.05) is 27.3 Å². The van der Waals surface area contributed by atoms with Gasteiger partial charge in [-0.3, -0.25) is 9.79 Å². The van der Waals surface area contributed by atoms with Gasteiger partial charge in [-0.1, -0.05) is 11.6 Å². The van der Waals surface area contributed by atoms with E-state index in [0.29, 0.717) is 35.6 Å². The molecule has 0 unspecified atom stereocenters. The molecule has 8 heteroatoms. The van der Waals surface area contributed by atoms with Crippen molar-refractivity contribution in [2.45, 2.75) is 39.8 Å². The number of guanidine groups is 1. The Hall–Kier alpha value is -2.15. The highest BCUT2D eigenvalue weighted by Gasteiger charge is 2.14. The van der Waals surface area contributed by atoms with Crippen LogP contribution in [0.4, 0.5) is 0 Å². The molecule has 0 saturated carbocycles. The molecule has 0 bridgehead atoms. The second kappa shape index (κ2) is 10.1. The van der Waals surface area contributed by atoms with Gasteiger partial charge in [-0.2, -0.15) is 0 Å². The number of aliphatic imine (C=N–C) groups is 1. The van der Waals surface area contributed by atoms with Crippen molar-refractivity contribution in [3.8, 4) is 11.5 Å². The summed E-state index contributed by atoms with van der Waals surface area (Å²) in [6, 6.07) is 3.66. The van der Waals surface area contributed by atoms with Gasteiger partial charge in [0, 0.05) is 19.1 Å². The van der Waals surface area contributed by atoms with Gasteiger partial charge in [-0.15, -0.1) is 0 Å². The van der Waals surface area contributed by atoms with Crippen LogP contribution in [0.1, 0.15) is 33.3 Å². The Morgan fingerprint density at radius 2 is 1.96 bits per heavy atom. The molecule has 0 heterocycles. The second-order valence-electron chi connectivity index (χ2n) is 6.62. The van der Waals surface area contributed by atoms with E-state index < -0.39 is 0 Å². The molecule has 0 fully saturated rings. The van der Waals surface area contributed by atoms with Crippen LogP contribution in [0.5, 0.6) is 11.5 Å². The summed E-state index contributed by atoms with van der Waals surface area (Å²) in [5.74, 6) is 1.51. The molecule has 0 saturated heterocycles. The predicted molar refractivity (Wildman–Crippen MR) is 105 cm³/mol. The molecule has 1 aromatic carbocycles. The van der Waals surface area contributed by atoms with Crippen molar-refractivity contribution in [2.24, 2.45) is 4.99 Å². The van der Waals surface area contributed by atoms with Crippen LogP contribution < -0.4 is 25.4 Å². The Labute approximate surface area is 160 Å². The number of methoxy groups -OCH3 is 1. The molecule has 0 atom stereocenters. The summed E-state index contributed by atoms with van der Waals surface area (Å²) in [4.78, 5) is 16.0. The van der Waals surface area contributed by atoms with Crippen molar-refractivity contribution in [3.63, 3.8) is 0 Å². The Bertz CT molecular complexity index is 642. The fourth-order valence-corrected chi connectivity index (χ4v) is 2.48. The summed E-state index contributed by atoms with van der Waals surface area (Å²) in [7, 11) is 3.21. The fourth-order valence-electron chi connectivity index (χ4n) is 2.19. The van der Waals surface area contributed by atoms with E-state index in [4.69, 9.17) is 21.1 Å². The Morgan fingerprint density at radius 3 is 2.50 bits per heavy atom. The van der Waals surface area contributed by atoms with Crippen LogP contribution >= 0.6 is 11.6 Å². The molecule has 0 aromatic heterocycles. The highest BCUT2D eigenvalue weighted by Crippen LogP contribution is 2.36. The topological polar surface area (TPSA) is 84.0 Å². The van der Waals surface area contributed by atoms with Crippen molar-refractivity contribution in [1.82, 2.24) is 16.0 Å². The number of ether oxygens (including phenoxy) is 2. The van der Waals surface area contributed by atoms with Gasteiger partial charge in [0.1, 0.15) is 0 Å². The van der Waals surface area contributed by atoms with Crippen LogP contribution in [-0.4, -0.2) is 44.7 Å². The first kappa shape index (κ1) is 21.9. The maximum absolute atomic E-state index is 11.9. The third kappa shape index (κ3) is 7.39. The molecule has 1 aromatic rings. The third-order valence-electron chi connectivity index (χ3n) is 3.19. The van der Waals surface area contributed by atoms with Crippen molar-refractivity contribution in [1.29, 1.82) is 0 Å². The molecule has 0 spiro atoms. The SMILES string of the molecule is CCOc1c(Cl)cc(CNC(=NC)NCC(=O)NC(C)(C)C)cc1OC. The lowest BCUT2D eigenvalue weighted by molar-refractivity contribution is -0.121. The largest absolute Gasteiger partial charge is 0.493 e. The maximum Gasteiger partial charge on any atom is 0.239 e. The average Bonchev–Trinajstić information content (AvgIpc) is 2.55. The van der Waals surface area contributed by atoms with E-state index in [1.807, 2.05) is 39.8 Å². The Kier molecular flexibility index (Phi) is 8.51. The molecule has 0 aliphatic carbocycles. The standard InChI is InChI=1S/C18H29ClN4O3/c1-7-26-16-13(19)8-12(9-14(16)25-6)10-21-17(20-5)22-11-15(24)23-18(2,3)4/h8-9H,7,10-11H2,1-6H3,(H,23,24)(H2,20,21,22). The number of hydrogen-bond acceptors (Lipinski definition) is 4. The first-order chi connectivity index (χ1) is 12.2. The summed E-state index contributed by atoms with van der Waals surface area (Å²) >= 11 is 6.27. The lowest BCUT2D eigenvalue weighted by Crippen LogP contribution is -2.48. The molecule has 3 N–H and O–H groups in total. The number of hydrogen-bond donors (Lipinski definition) is 3. The van der Waals surface area contributed by atoms with Crippen LogP contribution in [0.2, 0.25) is 5.02 Å². The van der Waals surface area contributed by atoms with Crippen LogP contribution in [0.3, 0.4) is 0 Å². The normalized spacial score (nSPS) is 11.7. The Morgan fingerprint density at radius 1 is 1.27 bits per heavy atom. The van der Waals surface area contributed by atoms with Gasteiger partial charge >= 0.3 is 0 Å². The fraction of sp³-hybridized carbons (Fsp3) is 0.556. The van der Waals surface area contributed by atoms with Crippen LogP contribution in [0.25, 0.3) is 0 Å². The zero-order chi connectivity index (χ0) is 19.7. The minimum atomic E-state index is -0.272. The summed E-state index contributed by atoms with van der Waals surface area (Å²) in [5.41, 5.74) is 0.628. The summed E-state index contributed by atoms with van der Waals surface area (Å²) in [5, 5.41) is 9.48. The molecule has 26 heavy (non-hydrogen) atoms. The average molecular weight is 385 g/mol. The van der Waals surface area contributed by atoms with E-state index in [1.54, 1.807) is 14.2 Å². The molecule has 1 amide bonds. The summed E-state index contributed by atoms with van der Waals surface area (Å²) < 4.78 is 10.8. The molecule has 1 rings (SSSR count). The summed E-state index contributed by atoms with van der Waals surface area (Å²) in [6.45, 7) is 8.77. The van der Waals surface area contributed by atoms with E-state index in [1.165, 1.54) is 0 Å². The van der Waals surface area contributed by atoms with Crippen molar-refractivity contribution < 1.29 is 14.3 Å². The first-order valence-electron chi connectivity index (χ1n) is 8.45. The number of carbonyl (C=O) groups is 1. The maximum atomic E-state index is 11.9. The highest BCUT2D eigenvalue weighted by atomic mass is 35.5. The van der Waals surface area contributed by atoms with Crippen LogP contribution in [0.15, 0.2) is 17.1 Å². The van der Waals surface area contributed by atoms with Crippen LogP contribution in [0, 0.1) is 0 Å². The first-order valence-corrected chi connectivity index (χ1v) is 8.82. The lowest BCUT2D eigenvalue weighted by Gasteiger charge is -2.21. The summed E-state index contributed by atoms with van der Waals surface area (Å²) in [6.07, 6.45) is 0. The predicted octanol–water partition coefficient (Wildman–Crippen LogP) is 2.33. The van der Waals surface area contributed by atoms with Gasteiger partial charge in [0.05, 0.1) is 25.3 Å². The highest BCUT2D eigenvalue weighted by molar-refractivity contribution is 6.32. The number of halogens is 1. The molecule has 146 valence electrons. The number of benzene rings is 1. The molecule has 0 radical (unpaired) electrons. The van der Waals surface area contributed by atoms with Crippen LogP contribution in [-0.2, 0) is 11.3 Å². The zero-order valence-electron chi connectivity index (χ0n) is 16.3. The van der Waals surface area contributed by atoms with Gasteiger partial charge in [-0.25, -0.2) is 0 Å². The van der Waals surface area contributed by atoms with E-state index in [-0.39, 0.29) is 18.0 Å². The molecular weight excluding hydrogens is 356 g/mol. The van der Waals surface area contributed by atoms with E-state index >= 15 is 0 Å². The number of carbonyl (C=O) groups excluding carboxylic acids is 1. The Balaban J connectivity index is 2.66. The van der Waals surface area contributed by atoms with E-state index in [2.05, 4.69) is 20.9 Å². The molecule has 7 nitrogen and oxygen atoms in total. The smallest absolute Gasteiger partial charge is 0.239 e. The minimum absolute atomic E-state index is 0.105. The molecule has 0 aliphatic rings. The monoisotopic (exact) mass is 384 g/mol. The van der Waals surface area contributed by atoms with E-state index in [0.717, 1.165) is 5.56 Å². The number of amides is 1. The molecule has 0 aliphatic heterocycles. The minimum Gasteiger partial charge on any atom is -0.493 e. The lowest BCUT2D eigenvalue weighted by atomic mass is 10.1. The van der Waals surface area contributed by atoms with Gasteiger partial charge in [0.25, 0.3) is 0 Å². The van der Waals surface area contributed by atoms with Gasteiger partial charge in [-0.05, 0) is 45.4 Å².